The summed E-state index contributed by atoms with van der Waals surface area (Å²) in [7, 11) is 0. The average molecular weight is 269 g/mol. The van der Waals surface area contributed by atoms with Crippen LogP contribution in [0.25, 0.3) is 0 Å². The zero-order valence-electron chi connectivity index (χ0n) is 10.1. The minimum atomic E-state index is 0.554. The number of thioether (sulfide) groups is 1. The van der Waals surface area contributed by atoms with Gasteiger partial charge in [-0.25, -0.2) is 0 Å². The molecule has 2 rings (SSSR count). The summed E-state index contributed by atoms with van der Waals surface area (Å²) in [5.74, 6) is 1.77. The summed E-state index contributed by atoms with van der Waals surface area (Å²) in [4.78, 5) is 4.58. The predicted molar refractivity (Wildman–Crippen MR) is 76.8 cm³/mol. The molecule has 0 radical (unpaired) electrons. The molecule has 1 aliphatic heterocycles. The van der Waals surface area contributed by atoms with Gasteiger partial charge in [-0.3, -0.25) is 4.99 Å². The fraction of sp³-hybridized carbons (Fsp3) is 0.462. The second-order valence-electron chi connectivity index (χ2n) is 4.56. The van der Waals surface area contributed by atoms with E-state index >= 15 is 0 Å². The van der Waals surface area contributed by atoms with Crippen molar-refractivity contribution < 1.29 is 0 Å². The summed E-state index contributed by atoms with van der Waals surface area (Å²) in [6, 6.07) is 8.42. The lowest BCUT2D eigenvalue weighted by atomic mass is 10.1. The molecule has 1 aliphatic rings. The second-order valence-corrected chi connectivity index (χ2v) is 6.00. The minimum absolute atomic E-state index is 0.554. The van der Waals surface area contributed by atoms with Crippen molar-refractivity contribution in [3.05, 3.63) is 34.9 Å². The summed E-state index contributed by atoms with van der Waals surface area (Å²) in [5, 5.41) is 5.29. The molecule has 17 heavy (non-hydrogen) atoms. The van der Waals surface area contributed by atoms with Crippen molar-refractivity contribution in [3.8, 4) is 0 Å². The van der Waals surface area contributed by atoms with Crippen molar-refractivity contribution >= 4 is 28.5 Å². The van der Waals surface area contributed by atoms with E-state index in [2.05, 4.69) is 30.2 Å². The van der Waals surface area contributed by atoms with Gasteiger partial charge >= 0.3 is 0 Å². The van der Waals surface area contributed by atoms with E-state index in [0.717, 1.165) is 21.5 Å². The molecule has 2 nitrogen and oxygen atoms in total. The van der Waals surface area contributed by atoms with E-state index in [4.69, 9.17) is 11.6 Å². The number of rotatable bonds is 3. The van der Waals surface area contributed by atoms with Gasteiger partial charge in [-0.05, 0) is 23.6 Å². The van der Waals surface area contributed by atoms with Crippen LogP contribution >= 0.6 is 23.4 Å². The van der Waals surface area contributed by atoms with Crippen LogP contribution in [0.15, 0.2) is 29.3 Å². The molecule has 1 aromatic rings. The Bertz CT molecular complexity index is 418. The summed E-state index contributed by atoms with van der Waals surface area (Å²) in [6.45, 7) is 5.16. The molecule has 4 heteroatoms. The molecule has 1 heterocycles. The second kappa shape index (κ2) is 5.78. The number of nitrogens with zero attached hydrogens (tertiary/aromatic N) is 1. The van der Waals surface area contributed by atoms with Gasteiger partial charge in [-0.2, -0.15) is 0 Å². The molecular formula is C13H17ClN2S. The first-order valence-electron chi connectivity index (χ1n) is 5.83. The zero-order chi connectivity index (χ0) is 12.3. The van der Waals surface area contributed by atoms with E-state index in [-0.39, 0.29) is 0 Å². The highest BCUT2D eigenvalue weighted by molar-refractivity contribution is 8.14. The molecule has 0 saturated carbocycles. The van der Waals surface area contributed by atoms with Crippen molar-refractivity contribution in [2.45, 2.75) is 26.4 Å². The smallest absolute Gasteiger partial charge is 0.157 e. The molecule has 0 aromatic heterocycles. The average Bonchev–Trinajstić information content (AvgIpc) is 2.75. The third kappa shape index (κ3) is 3.65. The molecule has 0 bridgehead atoms. The van der Waals surface area contributed by atoms with Crippen molar-refractivity contribution in [1.82, 2.24) is 5.32 Å². The number of halogens is 1. The molecule has 0 spiro atoms. The first-order chi connectivity index (χ1) is 8.15. The number of benzene rings is 1. The van der Waals surface area contributed by atoms with Gasteiger partial charge in [-0.15, -0.1) is 0 Å². The van der Waals surface area contributed by atoms with Crippen LogP contribution in [-0.2, 0) is 6.54 Å². The molecule has 0 aliphatic carbocycles. The van der Waals surface area contributed by atoms with Gasteiger partial charge in [-0.1, -0.05) is 49.3 Å². The molecule has 1 atom stereocenters. The summed E-state index contributed by atoms with van der Waals surface area (Å²) in [6.07, 6.45) is 0. The highest BCUT2D eigenvalue weighted by Gasteiger charge is 2.22. The maximum atomic E-state index is 5.94. The van der Waals surface area contributed by atoms with Crippen LogP contribution < -0.4 is 5.32 Å². The van der Waals surface area contributed by atoms with E-state index in [1.54, 1.807) is 0 Å². The minimum Gasteiger partial charge on any atom is -0.361 e. The van der Waals surface area contributed by atoms with Gasteiger partial charge in [0.25, 0.3) is 0 Å². The van der Waals surface area contributed by atoms with Gasteiger partial charge in [0.1, 0.15) is 0 Å². The lowest BCUT2D eigenvalue weighted by Gasteiger charge is -2.13. The summed E-state index contributed by atoms with van der Waals surface area (Å²) in [5.41, 5.74) is 1.15. The maximum Gasteiger partial charge on any atom is 0.157 e. The van der Waals surface area contributed by atoms with E-state index in [1.165, 1.54) is 0 Å². The quantitative estimate of drug-likeness (QED) is 0.907. The van der Waals surface area contributed by atoms with Gasteiger partial charge in [0, 0.05) is 16.8 Å². The molecule has 0 unspecified atom stereocenters. The number of nitrogens with one attached hydrogen (secondary N) is 1. The van der Waals surface area contributed by atoms with Crippen LogP contribution in [-0.4, -0.2) is 17.0 Å². The number of hydrogen-bond donors (Lipinski definition) is 1. The van der Waals surface area contributed by atoms with E-state index in [9.17, 15) is 0 Å². The van der Waals surface area contributed by atoms with Gasteiger partial charge < -0.3 is 5.32 Å². The van der Waals surface area contributed by atoms with Crippen molar-refractivity contribution in [2.75, 3.05) is 5.75 Å². The maximum absolute atomic E-state index is 5.94. The Kier molecular flexibility index (Phi) is 4.35. The lowest BCUT2D eigenvalue weighted by molar-refractivity contribution is 0.503. The fourth-order valence-corrected chi connectivity index (χ4v) is 3.07. The van der Waals surface area contributed by atoms with Crippen LogP contribution in [0.4, 0.5) is 0 Å². The van der Waals surface area contributed by atoms with E-state index < -0.39 is 0 Å². The molecule has 1 aromatic carbocycles. The molecule has 1 saturated heterocycles. The standard InChI is InChI=1S/C13H17ClN2S/c1-9(2)12-8-17-13(16-12)15-7-10-4-3-5-11(14)6-10/h3-6,9,12H,7-8H2,1-2H3,(H,15,16)/t12-/m1/s1. The lowest BCUT2D eigenvalue weighted by Crippen LogP contribution is -2.31. The Morgan fingerprint density at radius 3 is 3.00 bits per heavy atom. The van der Waals surface area contributed by atoms with Crippen molar-refractivity contribution in [1.29, 1.82) is 0 Å². The first-order valence-corrected chi connectivity index (χ1v) is 7.20. The highest BCUT2D eigenvalue weighted by atomic mass is 35.5. The Labute approximate surface area is 112 Å². The normalized spacial score (nSPS) is 22.1. The topological polar surface area (TPSA) is 24.4 Å². The number of hydrogen-bond acceptors (Lipinski definition) is 2. The van der Waals surface area contributed by atoms with Gasteiger partial charge in [0.05, 0.1) is 6.54 Å². The molecule has 1 fully saturated rings. The van der Waals surface area contributed by atoms with E-state index in [0.29, 0.717) is 18.5 Å². The predicted octanol–water partition coefficient (Wildman–Crippen LogP) is 3.56. The van der Waals surface area contributed by atoms with Crippen LogP contribution in [0, 0.1) is 5.92 Å². The summed E-state index contributed by atoms with van der Waals surface area (Å²) < 4.78 is 0. The number of amidine groups is 1. The van der Waals surface area contributed by atoms with Crippen molar-refractivity contribution in [3.63, 3.8) is 0 Å². The molecule has 1 N–H and O–H groups in total. The Balaban J connectivity index is 1.94. The first kappa shape index (κ1) is 12.8. The van der Waals surface area contributed by atoms with Crippen molar-refractivity contribution in [2.24, 2.45) is 10.9 Å². The number of aliphatic imine (C=N–C) groups is 1. The van der Waals surface area contributed by atoms with Crippen LogP contribution in [0.1, 0.15) is 19.4 Å². The third-order valence-corrected chi connectivity index (χ3v) is 4.09. The van der Waals surface area contributed by atoms with E-state index in [1.807, 2.05) is 30.0 Å². The Morgan fingerprint density at radius 2 is 2.35 bits per heavy atom. The zero-order valence-corrected chi connectivity index (χ0v) is 11.7. The summed E-state index contributed by atoms with van der Waals surface area (Å²) >= 11 is 7.74. The molecule has 0 amide bonds. The Hall–Kier alpha value is -0.670. The van der Waals surface area contributed by atoms with Gasteiger partial charge in [0.15, 0.2) is 5.17 Å². The van der Waals surface area contributed by atoms with Crippen LogP contribution in [0.3, 0.4) is 0 Å². The van der Waals surface area contributed by atoms with Gasteiger partial charge in [0.2, 0.25) is 0 Å². The molecular weight excluding hydrogens is 252 g/mol. The van der Waals surface area contributed by atoms with Crippen LogP contribution in [0.2, 0.25) is 5.02 Å². The molecule has 92 valence electrons. The largest absolute Gasteiger partial charge is 0.361 e. The third-order valence-electron chi connectivity index (χ3n) is 2.81. The monoisotopic (exact) mass is 268 g/mol. The Morgan fingerprint density at radius 1 is 1.53 bits per heavy atom. The highest BCUT2D eigenvalue weighted by Crippen LogP contribution is 2.20. The van der Waals surface area contributed by atoms with Crippen LogP contribution in [0.5, 0.6) is 0 Å². The SMILES string of the molecule is CC(C)[C@H]1CSC(=NCc2cccc(Cl)c2)N1. The fourth-order valence-electron chi connectivity index (χ4n) is 1.66.